The van der Waals surface area contributed by atoms with Crippen LogP contribution in [0.2, 0.25) is 0 Å². The summed E-state index contributed by atoms with van der Waals surface area (Å²) in [5.41, 5.74) is 0. The molecule has 0 radical (unpaired) electrons. The second-order valence-corrected chi connectivity index (χ2v) is 8.46. The summed E-state index contributed by atoms with van der Waals surface area (Å²) in [6, 6.07) is 0.224. The number of hydrogen-bond donors (Lipinski definition) is 2. The van der Waals surface area contributed by atoms with Crippen molar-refractivity contribution in [1.29, 1.82) is 0 Å². The van der Waals surface area contributed by atoms with Gasteiger partial charge in [-0.2, -0.15) is 0 Å². The molecule has 3 rings (SSSR count). The normalized spacial score (nSPS) is 38.4. The topological polar surface area (TPSA) is 58.2 Å². The van der Waals surface area contributed by atoms with E-state index in [0.29, 0.717) is 25.7 Å². The molecule has 0 atom stereocenters. The molecule has 6 heteroatoms. The monoisotopic (exact) mass is 370 g/mol. The van der Waals surface area contributed by atoms with Gasteiger partial charge in [-0.15, -0.1) is 0 Å². The van der Waals surface area contributed by atoms with E-state index in [2.05, 4.69) is 10.6 Å². The van der Waals surface area contributed by atoms with Crippen molar-refractivity contribution in [2.24, 2.45) is 11.8 Å². The fraction of sp³-hybridized carbons (Fsp3) is 0.900. The highest BCUT2D eigenvalue weighted by Crippen LogP contribution is 2.30. The van der Waals surface area contributed by atoms with Gasteiger partial charge in [-0.3, -0.25) is 9.59 Å². The zero-order chi connectivity index (χ0) is 18.5. The first-order valence-electron chi connectivity index (χ1n) is 10.4. The molecule has 0 bridgehead atoms. The molecule has 0 saturated heterocycles. The van der Waals surface area contributed by atoms with Gasteiger partial charge in [0.25, 0.3) is 0 Å². The van der Waals surface area contributed by atoms with Gasteiger partial charge in [-0.05, 0) is 77.0 Å². The fourth-order valence-electron chi connectivity index (χ4n) is 4.65. The molecule has 0 aromatic carbocycles. The van der Waals surface area contributed by atoms with E-state index in [0.717, 1.165) is 51.4 Å². The molecule has 3 saturated carbocycles. The van der Waals surface area contributed by atoms with Crippen LogP contribution < -0.4 is 10.6 Å². The van der Waals surface area contributed by atoms with Crippen LogP contribution in [0.5, 0.6) is 0 Å². The summed E-state index contributed by atoms with van der Waals surface area (Å²) >= 11 is 0. The van der Waals surface area contributed by atoms with E-state index in [1.54, 1.807) is 0 Å². The Hall–Kier alpha value is -1.20. The summed E-state index contributed by atoms with van der Waals surface area (Å²) in [7, 11) is 0. The number of amides is 2. The molecule has 0 heterocycles. The molecule has 4 nitrogen and oxygen atoms in total. The predicted molar refractivity (Wildman–Crippen MR) is 96.0 cm³/mol. The maximum Gasteiger partial charge on any atom is 0.223 e. The van der Waals surface area contributed by atoms with Gasteiger partial charge in [0.05, 0.1) is 0 Å². The maximum atomic E-state index is 13.2. The predicted octanol–water partition coefficient (Wildman–Crippen LogP) is 3.59. The van der Waals surface area contributed by atoms with Gasteiger partial charge in [0.2, 0.25) is 11.8 Å². The lowest BCUT2D eigenvalue weighted by Crippen LogP contribution is -2.44. The standard InChI is InChI=1S/C20H32F2N2O2/c21-15-5-9-17(10-6-15)23-19(25)13-1-2-14(4-3-13)20(26)24-18-11-7-16(22)8-12-18/h13-18H,1-12H2,(H,23,25)(H,24,26). The van der Waals surface area contributed by atoms with Crippen LogP contribution in [0, 0.1) is 11.8 Å². The van der Waals surface area contributed by atoms with Gasteiger partial charge < -0.3 is 10.6 Å². The summed E-state index contributed by atoms with van der Waals surface area (Å²) in [5, 5.41) is 6.16. The Kier molecular flexibility index (Phi) is 6.87. The van der Waals surface area contributed by atoms with Gasteiger partial charge in [0, 0.05) is 23.9 Å². The van der Waals surface area contributed by atoms with Gasteiger partial charge in [0.15, 0.2) is 0 Å². The van der Waals surface area contributed by atoms with Crippen molar-refractivity contribution < 1.29 is 18.4 Å². The van der Waals surface area contributed by atoms with Gasteiger partial charge in [0.1, 0.15) is 12.3 Å². The Morgan fingerprint density at radius 3 is 1.15 bits per heavy atom. The minimum Gasteiger partial charge on any atom is -0.353 e. The third kappa shape index (κ3) is 5.40. The maximum absolute atomic E-state index is 13.2. The molecule has 2 amide bonds. The minimum absolute atomic E-state index is 0.0240. The number of hydrogen-bond acceptors (Lipinski definition) is 2. The summed E-state index contributed by atoms with van der Waals surface area (Å²) < 4.78 is 26.4. The Morgan fingerprint density at radius 1 is 0.538 bits per heavy atom. The average Bonchev–Trinajstić information content (AvgIpc) is 2.65. The summed E-state index contributed by atoms with van der Waals surface area (Å²) in [4.78, 5) is 24.9. The van der Waals surface area contributed by atoms with Crippen LogP contribution in [-0.4, -0.2) is 36.2 Å². The first-order chi connectivity index (χ1) is 12.5. The Balaban J connectivity index is 1.36. The molecule has 0 unspecified atom stereocenters. The number of alkyl halides is 2. The van der Waals surface area contributed by atoms with Crippen molar-refractivity contribution in [1.82, 2.24) is 10.6 Å². The highest BCUT2D eigenvalue weighted by atomic mass is 19.1. The number of carbonyl (C=O) groups is 2. The second-order valence-electron chi connectivity index (χ2n) is 8.46. The third-order valence-electron chi connectivity index (χ3n) is 6.47. The molecule has 3 aliphatic carbocycles. The number of nitrogens with one attached hydrogen (secondary N) is 2. The molecule has 26 heavy (non-hydrogen) atoms. The first-order valence-corrected chi connectivity index (χ1v) is 10.4. The fourth-order valence-corrected chi connectivity index (χ4v) is 4.65. The molecule has 148 valence electrons. The quantitative estimate of drug-likeness (QED) is 0.795. The van der Waals surface area contributed by atoms with Crippen molar-refractivity contribution in [3.8, 4) is 0 Å². The van der Waals surface area contributed by atoms with Crippen molar-refractivity contribution >= 4 is 11.8 Å². The van der Waals surface area contributed by atoms with Crippen LogP contribution in [-0.2, 0) is 9.59 Å². The van der Waals surface area contributed by atoms with Gasteiger partial charge in [-0.25, -0.2) is 8.78 Å². The summed E-state index contributed by atoms with van der Waals surface area (Å²) in [5.74, 6) is 0.105. The zero-order valence-corrected chi connectivity index (χ0v) is 15.5. The third-order valence-corrected chi connectivity index (χ3v) is 6.47. The number of rotatable bonds is 4. The highest BCUT2D eigenvalue weighted by Gasteiger charge is 2.32. The van der Waals surface area contributed by atoms with E-state index in [1.807, 2.05) is 0 Å². The lowest BCUT2D eigenvalue weighted by molar-refractivity contribution is -0.131. The summed E-state index contributed by atoms with van der Waals surface area (Å²) in [6.45, 7) is 0. The van der Waals surface area contributed by atoms with Crippen molar-refractivity contribution in [2.75, 3.05) is 0 Å². The number of carbonyl (C=O) groups excluding carboxylic acids is 2. The Morgan fingerprint density at radius 2 is 0.846 bits per heavy atom. The van der Waals surface area contributed by atoms with Crippen molar-refractivity contribution in [3.05, 3.63) is 0 Å². The van der Waals surface area contributed by atoms with Crippen LogP contribution in [0.1, 0.15) is 77.0 Å². The van der Waals surface area contributed by atoms with E-state index >= 15 is 0 Å². The molecule has 0 aliphatic heterocycles. The van der Waals surface area contributed by atoms with Crippen LogP contribution in [0.3, 0.4) is 0 Å². The Labute approximate surface area is 154 Å². The van der Waals surface area contributed by atoms with Crippen LogP contribution in [0.25, 0.3) is 0 Å². The highest BCUT2D eigenvalue weighted by molar-refractivity contribution is 5.81. The molecular formula is C20H32F2N2O2. The van der Waals surface area contributed by atoms with E-state index < -0.39 is 12.3 Å². The molecule has 3 fully saturated rings. The molecular weight excluding hydrogens is 338 g/mol. The lowest BCUT2D eigenvalue weighted by atomic mass is 9.80. The van der Waals surface area contributed by atoms with Crippen molar-refractivity contribution in [3.63, 3.8) is 0 Å². The first kappa shape index (κ1) is 19.6. The van der Waals surface area contributed by atoms with E-state index in [9.17, 15) is 18.4 Å². The Bertz CT molecular complexity index is 434. The zero-order valence-electron chi connectivity index (χ0n) is 15.5. The molecule has 2 N–H and O–H groups in total. The number of halogens is 2. The van der Waals surface area contributed by atoms with E-state index in [-0.39, 0.29) is 35.7 Å². The minimum atomic E-state index is -0.711. The van der Waals surface area contributed by atoms with Crippen molar-refractivity contribution in [2.45, 2.75) is 101 Å². The second kappa shape index (κ2) is 9.14. The largest absolute Gasteiger partial charge is 0.353 e. The SMILES string of the molecule is O=C(NC1CCC(F)CC1)C1CCC(C(=O)NC2CCC(F)CC2)CC1. The van der Waals surface area contributed by atoms with E-state index in [4.69, 9.17) is 0 Å². The van der Waals surface area contributed by atoms with Crippen LogP contribution in [0.15, 0.2) is 0 Å². The molecule has 0 aromatic heterocycles. The molecule has 0 aromatic rings. The van der Waals surface area contributed by atoms with Gasteiger partial charge in [-0.1, -0.05) is 0 Å². The molecule has 0 spiro atoms. The average molecular weight is 370 g/mol. The lowest BCUT2D eigenvalue weighted by Gasteiger charge is -2.32. The molecule has 3 aliphatic rings. The van der Waals surface area contributed by atoms with Crippen LogP contribution in [0.4, 0.5) is 8.78 Å². The van der Waals surface area contributed by atoms with E-state index in [1.165, 1.54) is 0 Å². The van der Waals surface area contributed by atoms with Gasteiger partial charge >= 0.3 is 0 Å². The van der Waals surface area contributed by atoms with Crippen LogP contribution >= 0.6 is 0 Å². The summed E-state index contributed by atoms with van der Waals surface area (Å²) in [6.07, 6.45) is 6.61. The smallest absolute Gasteiger partial charge is 0.223 e.